The Kier molecular flexibility index (Phi) is 4.57. The van der Waals surface area contributed by atoms with Crippen molar-refractivity contribution in [2.75, 3.05) is 33.3 Å². The van der Waals surface area contributed by atoms with Crippen LogP contribution in [0.25, 0.3) is 0 Å². The molecule has 3 heterocycles. The zero-order valence-corrected chi connectivity index (χ0v) is 13.6. The summed E-state index contributed by atoms with van der Waals surface area (Å²) in [4.78, 5) is 33.1. The normalized spacial score (nSPS) is 14.7. The van der Waals surface area contributed by atoms with Crippen molar-refractivity contribution in [3.63, 3.8) is 0 Å². The van der Waals surface area contributed by atoms with Gasteiger partial charge in [0.1, 0.15) is 0 Å². The maximum Gasteiger partial charge on any atom is 0.264 e. The molecular weight excluding hydrogens is 314 g/mol. The molecule has 23 heavy (non-hydrogen) atoms. The number of carbonyl (C=O) groups is 2. The number of hydrogen-bond donors (Lipinski definition) is 0. The Balaban J connectivity index is 1.59. The molecule has 2 amide bonds. The molecule has 0 unspecified atom stereocenters. The van der Waals surface area contributed by atoms with Crippen molar-refractivity contribution < 1.29 is 14.3 Å². The standard InChI is InChI=1S/C16H17N3O3S/c1-22-14-5-4-12(11-17-14)15(20)18-6-8-19(9-7-18)16(21)13-3-2-10-23-13/h2-5,10-11H,6-9H2,1H3. The average molecular weight is 331 g/mol. The van der Waals surface area contributed by atoms with Gasteiger partial charge in [-0.25, -0.2) is 4.98 Å². The van der Waals surface area contributed by atoms with Crippen LogP contribution < -0.4 is 4.74 Å². The number of thiophene rings is 1. The highest BCUT2D eigenvalue weighted by Gasteiger charge is 2.26. The molecule has 0 radical (unpaired) electrons. The molecular formula is C16H17N3O3S. The highest BCUT2D eigenvalue weighted by molar-refractivity contribution is 7.12. The van der Waals surface area contributed by atoms with Crippen LogP contribution in [0.5, 0.6) is 5.88 Å². The van der Waals surface area contributed by atoms with Crippen LogP contribution in [0.2, 0.25) is 0 Å². The van der Waals surface area contributed by atoms with E-state index in [4.69, 9.17) is 4.74 Å². The summed E-state index contributed by atoms with van der Waals surface area (Å²) in [5.41, 5.74) is 0.531. The third-order valence-corrected chi connectivity index (χ3v) is 4.64. The predicted molar refractivity (Wildman–Crippen MR) is 86.9 cm³/mol. The minimum Gasteiger partial charge on any atom is -0.481 e. The van der Waals surface area contributed by atoms with Crippen molar-refractivity contribution in [3.8, 4) is 5.88 Å². The Hall–Kier alpha value is -2.41. The first-order valence-electron chi connectivity index (χ1n) is 7.31. The molecule has 7 heteroatoms. The van der Waals surface area contributed by atoms with E-state index >= 15 is 0 Å². The summed E-state index contributed by atoms with van der Waals surface area (Å²) in [6, 6.07) is 7.07. The second-order valence-electron chi connectivity index (χ2n) is 5.15. The second-order valence-corrected chi connectivity index (χ2v) is 6.10. The number of carbonyl (C=O) groups excluding carboxylic acids is 2. The lowest BCUT2D eigenvalue weighted by Gasteiger charge is -2.34. The van der Waals surface area contributed by atoms with Gasteiger partial charge in [0, 0.05) is 38.4 Å². The van der Waals surface area contributed by atoms with Crippen LogP contribution in [0.4, 0.5) is 0 Å². The molecule has 0 aliphatic carbocycles. The van der Waals surface area contributed by atoms with Gasteiger partial charge in [-0.05, 0) is 17.5 Å². The van der Waals surface area contributed by atoms with Gasteiger partial charge in [0.2, 0.25) is 5.88 Å². The first kappa shape index (κ1) is 15.5. The van der Waals surface area contributed by atoms with Gasteiger partial charge in [0.25, 0.3) is 11.8 Å². The topological polar surface area (TPSA) is 62.7 Å². The van der Waals surface area contributed by atoms with E-state index in [9.17, 15) is 9.59 Å². The van der Waals surface area contributed by atoms with Gasteiger partial charge in [-0.1, -0.05) is 6.07 Å². The fourth-order valence-corrected chi connectivity index (χ4v) is 3.17. The van der Waals surface area contributed by atoms with Gasteiger partial charge < -0.3 is 14.5 Å². The van der Waals surface area contributed by atoms with Crippen molar-refractivity contribution >= 4 is 23.2 Å². The molecule has 120 valence electrons. The zero-order valence-electron chi connectivity index (χ0n) is 12.8. The van der Waals surface area contributed by atoms with Gasteiger partial charge in [-0.15, -0.1) is 11.3 Å². The van der Waals surface area contributed by atoms with E-state index in [0.29, 0.717) is 37.6 Å². The fraction of sp³-hybridized carbons (Fsp3) is 0.312. The van der Waals surface area contributed by atoms with Crippen molar-refractivity contribution in [3.05, 3.63) is 46.3 Å². The zero-order chi connectivity index (χ0) is 16.2. The van der Waals surface area contributed by atoms with E-state index in [0.717, 1.165) is 4.88 Å². The molecule has 3 rings (SSSR count). The van der Waals surface area contributed by atoms with Crippen LogP contribution in [0, 0.1) is 0 Å². The third-order valence-electron chi connectivity index (χ3n) is 3.78. The van der Waals surface area contributed by atoms with Crippen molar-refractivity contribution in [1.29, 1.82) is 0 Å². The molecule has 0 aromatic carbocycles. The van der Waals surface area contributed by atoms with Crippen molar-refractivity contribution in [1.82, 2.24) is 14.8 Å². The third kappa shape index (κ3) is 3.34. The molecule has 0 spiro atoms. The highest BCUT2D eigenvalue weighted by atomic mass is 32.1. The first-order valence-corrected chi connectivity index (χ1v) is 8.19. The van der Waals surface area contributed by atoms with Crippen molar-refractivity contribution in [2.45, 2.75) is 0 Å². The molecule has 0 atom stereocenters. The molecule has 2 aromatic heterocycles. The summed E-state index contributed by atoms with van der Waals surface area (Å²) < 4.78 is 4.99. The van der Waals surface area contributed by atoms with Crippen LogP contribution in [0.3, 0.4) is 0 Å². The monoisotopic (exact) mass is 331 g/mol. The predicted octanol–water partition coefficient (Wildman–Crippen LogP) is 1.75. The molecule has 2 aromatic rings. The number of rotatable bonds is 3. The van der Waals surface area contributed by atoms with Gasteiger partial charge in [0.15, 0.2) is 0 Å². The molecule has 0 saturated carbocycles. The van der Waals surface area contributed by atoms with E-state index in [2.05, 4.69) is 4.98 Å². The van der Waals surface area contributed by atoms with E-state index in [-0.39, 0.29) is 11.8 Å². The maximum absolute atomic E-state index is 12.4. The van der Waals surface area contributed by atoms with Gasteiger partial charge >= 0.3 is 0 Å². The smallest absolute Gasteiger partial charge is 0.264 e. The van der Waals surface area contributed by atoms with Gasteiger partial charge in [-0.2, -0.15) is 0 Å². The lowest BCUT2D eigenvalue weighted by atomic mass is 10.2. The summed E-state index contributed by atoms with van der Waals surface area (Å²) in [6.07, 6.45) is 1.52. The Labute approximate surface area is 138 Å². The fourth-order valence-electron chi connectivity index (χ4n) is 2.48. The lowest BCUT2D eigenvalue weighted by Crippen LogP contribution is -2.50. The minimum absolute atomic E-state index is 0.0400. The Morgan fingerprint density at radius 1 is 1.09 bits per heavy atom. The average Bonchev–Trinajstić information content (AvgIpc) is 3.15. The van der Waals surface area contributed by atoms with Gasteiger partial charge in [0.05, 0.1) is 17.6 Å². The van der Waals surface area contributed by atoms with E-state index in [1.807, 2.05) is 17.5 Å². The van der Waals surface area contributed by atoms with Gasteiger partial charge in [-0.3, -0.25) is 9.59 Å². The Morgan fingerprint density at radius 2 is 1.78 bits per heavy atom. The first-order chi connectivity index (χ1) is 11.2. The summed E-state index contributed by atoms with van der Waals surface area (Å²) in [7, 11) is 1.54. The number of ether oxygens (including phenoxy) is 1. The molecule has 1 aliphatic heterocycles. The minimum atomic E-state index is -0.0663. The highest BCUT2D eigenvalue weighted by Crippen LogP contribution is 2.15. The summed E-state index contributed by atoms with van der Waals surface area (Å²) in [5, 5.41) is 1.89. The molecule has 1 saturated heterocycles. The maximum atomic E-state index is 12.4. The number of pyridine rings is 1. The molecule has 0 N–H and O–H groups in total. The Bertz CT molecular complexity index is 677. The van der Waals surface area contributed by atoms with Crippen LogP contribution in [0.15, 0.2) is 35.8 Å². The van der Waals surface area contributed by atoms with Crippen LogP contribution in [-0.4, -0.2) is 59.9 Å². The number of methoxy groups -OCH3 is 1. The number of amides is 2. The SMILES string of the molecule is COc1ccc(C(=O)N2CCN(C(=O)c3cccs3)CC2)cn1. The number of aromatic nitrogens is 1. The summed E-state index contributed by atoms with van der Waals surface area (Å²) in [6.45, 7) is 2.15. The van der Waals surface area contributed by atoms with Crippen LogP contribution >= 0.6 is 11.3 Å². The summed E-state index contributed by atoms with van der Waals surface area (Å²) in [5.74, 6) is 0.453. The summed E-state index contributed by atoms with van der Waals surface area (Å²) >= 11 is 1.44. The number of piperazine rings is 1. The quantitative estimate of drug-likeness (QED) is 0.860. The van der Waals surface area contributed by atoms with E-state index < -0.39 is 0 Å². The number of nitrogens with zero attached hydrogens (tertiary/aromatic N) is 3. The van der Waals surface area contributed by atoms with E-state index in [1.165, 1.54) is 24.6 Å². The lowest BCUT2D eigenvalue weighted by molar-refractivity contribution is 0.0538. The molecule has 1 fully saturated rings. The second kappa shape index (κ2) is 6.78. The van der Waals surface area contributed by atoms with Crippen molar-refractivity contribution in [2.24, 2.45) is 0 Å². The number of hydrogen-bond acceptors (Lipinski definition) is 5. The molecule has 0 bridgehead atoms. The van der Waals surface area contributed by atoms with E-state index in [1.54, 1.807) is 21.9 Å². The van der Waals surface area contributed by atoms with Crippen LogP contribution in [-0.2, 0) is 0 Å². The Morgan fingerprint density at radius 3 is 2.30 bits per heavy atom. The molecule has 6 nitrogen and oxygen atoms in total. The molecule has 1 aliphatic rings. The largest absolute Gasteiger partial charge is 0.481 e. The van der Waals surface area contributed by atoms with Crippen LogP contribution in [0.1, 0.15) is 20.0 Å².